The lowest BCUT2D eigenvalue weighted by Crippen LogP contribution is -2.40. The molecule has 0 aliphatic carbocycles. The van der Waals surface area contributed by atoms with Crippen LogP contribution in [0.4, 0.5) is 0 Å². The lowest BCUT2D eigenvalue weighted by Gasteiger charge is -2.22. The minimum absolute atomic E-state index is 0.0251. The van der Waals surface area contributed by atoms with E-state index in [0.29, 0.717) is 19.0 Å². The standard InChI is InChI=1S/C13H26N2O2/c1-10(2)7-14-12(17)9-15(6)8-11(16)13(3,4)5/h10H,7-9H2,1-6H3,(H,14,17). The number of carbonyl (C=O) groups excluding carboxylic acids is 2. The SMILES string of the molecule is CC(C)CNC(=O)CN(C)CC(=O)C(C)(C)C. The van der Waals surface area contributed by atoms with Gasteiger partial charge in [0.15, 0.2) is 5.78 Å². The smallest absolute Gasteiger partial charge is 0.234 e. The first kappa shape index (κ1) is 16.1. The van der Waals surface area contributed by atoms with E-state index in [2.05, 4.69) is 5.32 Å². The first-order chi connectivity index (χ1) is 7.62. The second-order valence-corrected chi connectivity index (χ2v) is 6.04. The van der Waals surface area contributed by atoms with Crippen molar-refractivity contribution < 1.29 is 9.59 Å². The molecule has 0 saturated heterocycles. The van der Waals surface area contributed by atoms with Crippen LogP contribution in [-0.2, 0) is 9.59 Å². The molecule has 0 bridgehead atoms. The average Bonchev–Trinajstić information content (AvgIpc) is 2.12. The Morgan fingerprint density at radius 2 is 1.71 bits per heavy atom. The number of nitrogens with zero attached hydrogens (tertiary/aromatic N) is 1. The molecule has 0 unspecified atom stereocenters. The molecule has 0 fully saturated rings. The Labute approximate surface area is 105 Å². The van der Waals surface area contributed by atoms with Crippen molar-refractivity contribution in [3.05, 3.63) is 0 Å². The van der Waals surface area contributed by atoms with Crippen molar-refractivity contribution in [3.8, 4) is 0 Å². The van der Waals surface area contributed by atoms with Gasteiger partial charge in [-0.1, -0.05) is 34.6 Å². The molecule has 0 aliphatic rings. The van der Waals surface area contributed by atoms with Crippen LogP contribution in [0.15, 0.2) is 0 Å². The third-order valence-electron chi connectivity index (χ3n) is 2.37. The van der Waals surface area contributed by atoms with Crippen molar-refractivity contribution in [2.75, 3.05) is 26.7 Å². The van der Waals surface area contributed by atoms with Gasteiger partial charge >= 0.3 is 0 Å². The zero-order chi connectivity index (χ0) is 13.6. The predicted molar refractivity (Wildman–Crippen MR) is 69.8 cm³/mol. The van der Waals surface area contributed by atoms with Crippen LogP contribution in [0.2, 0.25) is 0 Å². The third-order valence-corrected chi connectivity index (χ3v) is 2.37. The van der Waals surface area contributed by atoms with E-state index in [9.17, 15) is 9.59 Å². The molecule has 0 aromatic heterocycles. The topological polar surface area (TPSA) is 49.4 Å². The van der Waals surface area contributed by atoms with E-state index in [1.807, 2.05) is 34.6 Å². The number of hydrogen-bond donors (Lipinski definition) is 1. The molecule has 0 aromatic rings. The van der Waals surface area contributed by atoms with Crippen LogP contribution in [0, 0.1) is 11.3 Å². The summed E-state index contributed by atoms with van der Waals surface area (Å²) in [5, 5.41) is 2.83. The first-order valence-corrected chi connectivity index (χ1v) is 6.11. The zero-order valence-corrected chi connectivity index (χ0v) is 12.0. The van der Waals surface area contributed by atoms with Gasteiger partial charge in [-0.15, -0.1) is 0 Å². The Bertz CT molecular complexity index is 267. The number of rotatable bonds is 6. The van der Waals surface area contributed by atoms with Crippen molar-refractivity contribution in [2.45, 2.75) is 34.6 Å². The van der Waals surface area contributed by atoms with Gasteiger partial charge in [0, 0.05) is 12.0 Å². The van der Waals surface area contributed by atoms with Gasteiger partial charge in [-0.05, 0) is 13.0 Å². The van der Waals surface area contributed by atoms with E-state index in [4.69, 9.17) is 0 Å². The highest BCUT2D eigenvalue weighted by atomic mass is 16.2. The molecule has 1 amide bonds. The monoisotopic (exact) mass is 242 g/mol. The fourth-order valence-corrected chi connectivity index (χ4v) is 1.16. The molecule has 0 heterocycles. The largest absolute Gasteiger partial charge is 0.355 e. The predicted octanol–water partition coefficient (Wildman–Crippen LogP) is 1.31. The zero-order valence-electron chi connectivity index (χ0n) is 12.0. The molecule has 4 heteroatoms. The van der Waals surface area contributed by atoms with Crippen molar-refractivity contribution in [3.63, 3.8) is 0 Å². The summed E-state index contributed by atoms with van der Waals surface area (Å²) in [6.07, 6.45) is 0. The van der Waals surface area contributed by atoms with Crippen LogP contribution in [0.25, 0.3) is 0 Å². The van der Waals surface area contributed by atoms with Crippen molar-refractivity contribution in [1.82, 2.24) is 10.2 Å². The maximum atomic E-state index is 11.7. The summed E-state index contributed by atoms with van der Waals surface area (Å²) in [6.45, 7) is 11.0. The first-order valence-electron chi connectivity index (χ1n) is 6.11. The molecule has 100 valence electrons. The summed E-state index contributed by atoms with van der Waals surface area (Å²) in [6, 6.07) is 0. The van der Waals surface area contributed by atoms with Crippen LogP contribution < -0.4 is 5.32 Å². The lowest BCUT2D eigenvalue weighted by molar-refractivity contribution is -0.128. The number of likely N-dealkylation sites (N-methyl/N-ethyl adjacent to an activating group) is 1. The van der Waals surface area contributed by atoms with Crippen LogP contribution >= 0.6 is 0 Å². The van der Waals surface area contributed by atoms with E-state index >= 15 is 0 Å². The van der Waals surface area contributed by atoms with Crippen molar-refractivity contribution >= 4 is 11.7 Å². The summed E-state index contributed by atoms with van der Waals surface area (Å²) in [5.41, 5.74) is -0.345. The molecular weight excluding hydrogens is 216 g/mol. The van der Waals surface area contributed by atoms with E-state index in [-0.39, 0.29) is 23.7 Å². The Balaban J connectivity index is 3.98. The second kappa shape index (κ2) is 6.74. The van der Waals surface area contributed by atoms with Gasteiger partial charge in [0.1, 0.15) is 0 Å². The van der Waals surface area contributed by atoms with Crippen LogP contribution in [-0.4, -0.2) is 43.3 Å². The molecule has 0 aliphatic heterocycles. The highest BCUT2D eigenvalue weighted by Gasteiger charge is 2.22. The molecule has 0 atom stereocenters. The van der Waals surface area contributed by atoms with Gasteiger partial charge in [-0.25, -0.2) is 0 Å². The van der Waals surface area contributed by atoms with Gasteiger partial charge in [-0.3, -0.25) is 14.5 Å². The maximum Gasteiger partial charge on any atom is 0.234 e. The van der Waals surface area contributed by atoms with E-state index < -0.39 is 0 Å². The quantitative estimate of drug-likeness (QED) is 0.764. The fourth-order valence-electron chi connectivity index (χ4n) is 1.16. The van der Waals surface area contributed by atoms with Crippen LogP contribution in [0.5, 0.6) is 0 Å². The third kappa shape index (κ3) is 7.91. The van der Waals surface area contributed by atoms with Gasteiger partial charge < -0.3 is 5.32 Å². The summed E-state index contributed by atoms with van der Waals surface area (Å²) >= 11 is 0. The highest BCUT2D eigenvalue weighted by molar-refractivity contribution is 5.86. The molecule has 0 saturated carbocycles. The number of ketones is 1. The second-order valence-electron chi connectivity index (χ2n) is 6.04. The molecule has 0 aromatic carbocycles. The van der Waals surface area contributed by atoms with E-state index in [1.54, 1.807) is 11.9 Å². The molecule has 4 nitrogen and oxygen atoms in total. The van der Waals surface area contributed by atoms with Gasteiger partial charge in [0.25, 0.3) is 0 Å². The Hall–Kier alpha value is -0.900. The van der Waals surface area contributed by atoms with Gasteiger partial charge in [-0.2, -0.15) is 0 Å². The average molecular weight is 242 g/mol. The number of carbonyl (C=O) groups is 2. The molecule has 1 N–H and O–H groups in total. The Morgan fingerprint density at radius 3 is 2.12 bits per heavy atom. The number of Topliss-reactive ketones (excluding diaryl/α,β-unsaturated/α-hetero) is 1. The van der Waals surface area contributed by atoms with Gasteiger partial charge in [0.05, 0.1) is 13.1 Å². The Morgan fingerprint density at radius 1 is 1.18 bits per heavy atom. The molecule has 0 rings (SSSR count). The number of hydrogen-bond acceptors (Lipinski definition) is 3. The minimum atomic E-state index is -0.345. The molecule has 0 radical (unpaired) electrons. The van der Waals surface area contributed by atoms with Crippen LogP contribution in [0.3, 0.4) is 0 Å². The highest BCUT2D eigenvalue weighted by Crippen LogP contribution is 2.14. The summed E-state index contributed by atoms with van der Waals surface area (Å²) < 4.78 is 0. The maximum absolute atomic E-state index is 11.7. The van der Waals surface area contributed by atoms with E-state index in [0.717, 1.165) is 0 Å². The Kier molecular flexibility index (Phi) is 6.39. The van der Waals surface area contributed by atoms with Crippen LogP contribution in [0.1, 0.15) is 34.6 Å². The number of amides is 1. The fraction of sp³-hybridized carbons (Fsp3) is 0.846. The lowest BCUT2D eigenvalue weighted by atomic mass is 9.90. The van der Waals surface area contributed by atoms with Gasteiger partial charge in [0.2, 0.25) is 5.91 Å². The minimum Gasteiger partial charge on any atom is -0.355 e. The molecule has 17 heavy (non-hydrogen) atoms. The normalized spacial score (nSPS) is 12.0. The molecule has 0 spiro atoms. The van der Waals surface area contributed by atoms with E-state index in [1.165, 1.54) is 0 Å². The molecular formula is C13H26N2O2. The summed E-state index contributed by atoms with van der Waals surface area (Å²) in [5.74, 6) is 0.569. The number of nitrogens with one attached hydrogen (secondary N) is 1. The summed E-state index contributed by atoms with van der Waals surface area (Å²) in [7, 11) is 1.79. The van der Waals surface area contributed by atoms with Crippen molar-refractivity contribution in [1.29, 1.82) is 0 Å². The summed E-state index contributed by atoms with van der Waals surface area (Å²) in [4.78, 5) is 25.0. The van der Waals surface area contributed by atoms with Crippen molar-refractivity contribution in [2.24, 2.45) is 11.3 Å².